The second-order valence-corrected chi connectivity index (χ2v) is 6.71. The van der Waals surface area contributed by atoms with Crippen LogP contribution in [0.25, 0.3) is 11.3 Å². The highest BCUT2D eigenvalue weighted by Crippen LogP contribution is 2.48. The number of benzene rings is 2. The lowest BCUT2D eigenvalue weighted by atomic mass is 9.83. The van der Waals surface area contributed by atoms with Crippen molar-refractivity contribution in [3.8, 4) is 40.5 Å². The molecule has 0 fully saturated rings. The Morgan fingerprint density at radius 3 is 2.29 bits per heavy atom. The first kappa shape index (κ1) is 20.1. The first-order chi connectivity index (χ1) is 15.0. The maximum absolute atomic E-state index is 13.5. The minimum atomic E-state index is -0.609. The van der Waals surface area contributed by atoms with Gasteiger partial charge in [0.2, 0.25) is 17.5 Å². The lowest BCUT2D eigenvalue weighted by Gasteiger charge is -2.24. The van der Waals surface area contributed by atoms with E-state index in [1.807, 2.05) is 0 Å². The largest absolute Gasteiger partial charge is 0.493 e. The van der Waals surface area contributed by atoms with Gasteiger partial charge in [-0.3, -0.25) is 5.10 Å². The Balaban J connectivity index is 1.95. The molecule has 0 amide bonds. The molecule has 3 N–H and O–H groups in total. The van der Waals surface area contributed by atoms with E-state index in [0.29, 0.717) is 39.6 Å². The number of aromatic amines is 1. The first-order valence-corrected chi connectivity index (χ1v) is 9.24. The van der Waals surface area contributed by atoms with Gasteiger partial charge in [0.15, 0.2) is 11.5 Å². The highest BCUT2D eigenvalue weighted by molar-refractivity contribution is 5.75. The Labute approximate surface area is 177 Å². The molecule has 4 rings (SSSR count). The third-order valence-electron chi connectivity index (χ3n) is 5.10. The molecule has 0 spiro atoms. The Bertz CT molecular complexity index is 1190. The molecule has 2 aromatic carbocycles. The number of fused-ring (bicyclic) bond motifs is 1. The van der Waals surface area contributed by atoms with Gasteiger partial charge in [-0.25, -0.2) is 4.39 Å². The average molecular weight is 422 g/mol. The van der Waals surface area contributed by atoms with Crippen LogP contribution in [0.1, 0.15) is 17.0 Å². The molecule has 1 aliphatic heterocycles. The van der Waals surface area contributed by atoms with Crippen LogP contribution >= 0.6 is 0 Å². The van der Waals surface area contributed by atoms with Crippen LogP contribution in [0.2, 0.25) is 0 Å². The third kappa shape index (κ3) is 3.28. The molecular weight excluding hydrogens is 403 g/mol. The second-order valence-electron chi connectivity index (χ2n) is 6.71. The summed E-state index contributed by atoms with van der Waals surface area (Å²) < 4.78 is 35.4. The fourth-order valence-corrected chi connectivity index (χ4v) is 3.68. The number of hydrogen-bond acceptors (Lipinski definition) is 7. The number of H-pyrrole nitrogens is 1. The summed E-state index contributed by atoms with van der Waals surface area (Å²) in [6.45, 7) is 0. The predicted octanol–water partition coefficient (Wildman–Crippen LogP) is 3.46. The van der Waals surface area contributed by atoms with E-state index in [9.17, 15) is 9.65 Å². The van der Waals surface area contributed by atoms with Gasteiger partial charge in [0, 0.05) is 5.56 Å². The van der Waals surface area contributed by atoms with Crippen molar-refractivity contribution < 1.29 is 23.3 Å². The highest BCUT2D eigenvalue weighted by Gasteiger charge is 2.36. The van der Waals surface area contributed by atoms with Gasteiger partial charge in [0.05, 0.1) is 38.5 Å². The van der Waals surface area contributed by atoms with Crippen molar-refractivity contribution in [3.63, 3.8) is 0 Å². The monoisotopic (exact) mass is 422 g/mol. The zero-order valence-electron chi connectivity index (χ0n) is 17.0. The van der Waals surface area contributed by atoms with E-state index in [-0.39, 0.29) is 23.2 Å². The van der Waals surface area contributed by atoms with E-state index < -0.39 is 5.92 Å². The number of halogens is 1. The standard InChI is InChI=1S/C22H19FN4O4/c1-28-15-8-12(9-16(29-2)20(15)30-3)19-18-17(11-4-6-13(23)7-5-11)14(10-24)21(25)31-22(18)27-26-19/h4-9,17H,25H2,1-3H3,(H,26,27)/t17-/m0/s1. The lowest BCUT2D eigenvalue weighted by molar-refractivity contribution is 0.324. The summed E-state index contributed by atoms with van der Waals surface area (Å²) in [5.74, 6) is 0.527. The first-order valence-electron chi connectivity index (χ1n) is 9.24. The summed E-state index contributed by atoms with van der Waals surface area (Å²) >= 11 is 0. The smallest absolute Gasteiger partial charge is 0.244 e. The average Bonchev–Trinajstić information content (AvgIpc) is 3.20. The number of rotatable bonds is 5. The van der Waals surface area contributed by atoms with Gasteiger partial charge in [0.1, 0.15) is 17.5 Å². The van der Waals surface area contributed by atoms with Crippen molar-refractivity contribution >= 4 is 0 Å². The zero-order chi connectivity index (χ0) is 22.1. The molecule has 31 heavy (non-hydrogen) atoms. The van der Waals surface area contributed by atoms with Gasteiger partial charge in [-0.2, -0.15) is 5.26 Å². The van der Waals surface area contributed by atoms with Crippen molar-refractivity contribution in [3.05, 3.63) is 64.8 Å². The molecule has 158 valence electrons. The molecule has 8 nitrogen and oxygen atoms in total. The van der Waals surface area contributed by atoms with Gasteiger partial charge in [-0.05, 0) is 29.8 Å². The summed E-state index contributed by atoms with van der Waals surface area (Å²) in [7, 11) is 4.56. The van der Waals surface area contributed by atoms with Gasteiger partial charge in [-0.1, -0.05) is 12.1 Å². The molecule has 0 saturated carbocycles. The van der Waals surface area contributed by atoms with Gasteiger partial charge >= 0.3 is 0 Å². The lowest BCUT2D eigenvalue weighted by Crippen LogP contribution is -2.21. The summed E-state index contributed by atoms with van der Waals surface area (Å²) in [5.41, 5.74) is 8.69. The zero-order valence-corrected chi connectivity index (χ0v) is 17.0. The number of nitriles is 1. The van der Waals surface area contributed by atoms with Crippen molar-refractivity contribution in [2.24, 2.45) is 5.73 Å². The molecule has 1 aromatic heterocycles. The quantitative estimate of drug-likeness (QED) is 0.647. The van der Waals surface area contributed by atoms with Crippen LogP contribution in [0.5, 0.6) is 23.1 Å². The topological polar surface area (TPSA) is 115 Å². The van der Waals surface area contributed by atoms with Crippen molar-refractivity contribution in [1.29, 1.82) is 5.26 Å². The third-order valence-corrected chi connectivity index (χ3v) is 5.10. The molecule has 2 heterocycles. The molecule has 0 bridgehead atoms. The number of aromatic nitrogens is 2. The van der Waals surface area contributed by atoms with Crippen molar-refractivity contribution in [1.82, 2.24) is 10.2 Å². The van der Waals surface area contributed by atoms with E-state index in [2.05, 4.69) is 16.3 Å². The van der Waals surface area contributed by atoms with E-state index in [1.165, 1.54) is 33.5 Å². The molecule has 1 aliphatic rings. The molecule has 0 unspecified atom stereocenters. The van der Waals surface area contributed by atoms with Crippen molar-refractivity contribution in [2.45, 2.75) is 5.92 Å². The van der Waals surface area contributed by atoms with Gasteiger partial charge < -0.3 is 24.7 Å². The van der Waals surface area contributed by atoms with Gasteiger partial charge in [0.25, 0.3) is 0 Å². The molecule has 0 aliphatic carbocycles. The molecule has 0 radical (unpaired) electrons. The molecule has 1 atom stereocenters. The Morgan fingerprint density at radius 2 is 1.74 bits per heavy atom. The minimum Gasteiger partial charge on any atom is -0.493 e. The van der Waals surface area contributed by atoms with Crippen LogP contribution < -0.4 is 24.7 Å². The number of ether oxygens (including phenoxy) is 4. The van der Waals surface area contributed by atoms with E-state index in [0.717, 1.165) is 0 Å². The maximum Gasteiger partial charge on any atom is 0.244 e. The molecule has 3 aromatic rings. The van der Waals surface area contributed by atoms with E-state index >= 15 is 0 Å². The van der Waals surface area contributed by atoms with E-state index in [4.69, 9.17) is 24.7 Å². The number of nitrogens with one attached hydrogen (secondary N) is 1. The van der Waals surface area contributed by atoms with Crippen LogP contribution in [0.4, 0.5) is 4.39 Å². The summed E-state index contributed by atoms with van der Waals surface area (Å²) in [4.78, 5) is 0. The summed E-state index contributed by atoms with van der Waals surface area (Å²) in [5, 5.41) is 17.0. The second kappa shape index (κ2) is 7.91. The van der Waals surface area contributed by atoms with Crippen LogP contribution in [0.3, 0.4) is 0 Å². The summed E-state index contributed by atoms with van der Waals surface area (Å²) in [6.07, 6.45) is 0. The molecule has 0 saturated heterocycles. The van der Waals surface area contributed by atoms with E-state index in [1.54, 1.807) is 24.3 Å². The number of allylic oxidation sites excluding steroid dienone is 1. The SMILES string of the molecule is COc1cc(-c2[nH]nc3c2[C@@H](c2ccc(F)cc2)C(C#N)=C(N)O3)cc(OC)c1OC. The molecule has 9 heteroatoms. The maximum atomic E-state index is 13.5. The van der Waals surface area contributed by atoms with Crippen LogP contribution in [0, 0.1) is 17.1 Å². The Kier molecular flexibility index (Phi) is 5.13. The normalized spacial score (nSPS) is 15.0. The van der Waals surface area contributed by atoms with Crippen LogP contribution in [0.15, 0.2) is 47.9 Å². The Hall–Kier alpha value is -4.19. The minimum absolute atomic E-state index is 0.0488. The number of nitrogens with two attached hydrogens (primary N) is 1. The fourth-order valence-electron chi connectivity index (χ4n) is 3.68. The predicted molar refractivity (Wildman–Crippen MR) is 109 cm³/mol. The summed E-state index contributed by atoms with van der Waals surface area (Å²) in [6, 6.07) is 11.5. The fraction of sp³-hybridized carbons (Fsp3) is 0.182. The molecular formula is C22H19FN4O4. The Morgan fingerprint density at radius 1 is 1.10 bits per heavy atom. The van der Waals surface area contributed by atoms with Crippen molar-refractivity contribution in [2.75, 3.05) is 21.3 Å². The van der Waals surface area contributed by atoms with Gasteiger partial charge in [-0.15, -0.1) is 5.10 Å². The van der Waals surface area contributed by atoms with Crippen LogP contribution in [-0.2, 0) is 0 Å². The number of nitrogens with zero attached hydrogens (tertiary/aromatic N) is 2. The highest BCUT2D eigenvalue weighted by atomic mass is 19.1. The number of hydrogen-bond donors (Lipinski definition) is 2. The number of methoxy groups -OCH3 is 3. The van der Waals surface area contributed by atoms with Crippen LogP contribution in [-0.4, -0.2) is 31.5 Å².